The van der Waals surface area contributed by atoms with Crippen LogP contribution in [0.2, 0.25) is 10.0 Å². The largest absolute Gasteiger partial charge is 0.384 e. The third-order valence-electron chi connectivity index (χ3n) is 6.51. The molecule has 0 saturated heterocycles. The van der Waals surface area contributed by atoms with E-state index in [2.05, 4.69) is 11.4 Å². The monoisotopic (exact) mass is 478 g/mol. The van der Waals surface area contributed by atoms with Gasteiger partial charge in [0.2, 0.25) is 5.91 Å². The van der Waals surface area contributed by atoms with Gasteiger partial charge in [-0.05, 0) is 36.1 Å². The highest BCUT2D eigenvalue weighted by Crippen LogP contribution is 2.57. The van der Waals surface area contributed by atoms with E-state index in [9.17, 15) is 14.9 Å². The number of halogens is 2. The lowest BCUT2D eigenvalue weighted by Crippen LogP contribution is -2.52. The Balaban J connectivity index is 1.91. The number of hydrogen-bond acceptors (Lipinski definition) is 5. The number of nitrogens with one attached hydrogen (secondary N) is 1. The van der Waals surface area contributed by atoms with Crippen LogP contribution in [0.4, 0.5) is 11.4 Å². The molecule has 0 radical (unpaired) electrons. The lowest BCUT2D eigenvalue weighted by molar-refractivity contribution is -0.123. The van der Waals surface area contributed by atoms with E-state index in [-0.39, 0.29) is 34.6 Å². The third kappa shape index (κ3) is 2.93. The van der Waals surface area contributed by atoms with Gasteiger partial charge < -0.3 is 11.1 Å². The second-order valence-electron chi connectivity index (χ2n) is 9.35. The summed E-state index contributed by atoms with van der Waals surface area (Å²) >= 11 is 12.6. The smallest absolute Gasteiger partial charge is 0.245 e. The number of hydrogen-bond donors (Lipinski definition) is 2. The fourth-order valence-corrected chi connectivity index (χ4v) is 5.85. The molecule has 2 aromatic carbocycles. The molecule has 2 heterocycles. The summed E-state index contributed by atoms with van der Waals surface area (Å²) < 4.78 is 0. The number of anilines is 2. The Kier molecular flexibility index (Phi) is 4.65. The first-order valence-corrected chi connectivity index (χ1v) is 11.2. The minimum atomic E-state index is -1.60. The molecule has 1 amide bonds. The van der Waals surface area contributed by atoms with Gasteiger partial charge in [0, 0.05) is 39.0 Å². The van der Waals surface area contributed by atoms with Crippen LogP contribution in [0.5, 0.6) is 0 Å². The lowest BCUT2D eigenvalue weighted by Gasteiger charge is -2.46. The first-order valence-electron chi connectivity index (χ1n) is 10.4. The number of fused-ring (bicyclic) bond motifs is 3. The molecule has 1 atom stereocenters. The molecule has 3 aliphatic rings. The maximum atomic E-state index is 13.8. The van der Waals surface area contributed by atoms with Gasteiger partial charge in [0.05, 0.1) is 11.3 Å². The molecular formula is C25H20Cl2N4O2. The normalized spacial score (nSPS) is 23.4. The zero-order valence-corrected chi connectivity index (χ0v) is 19.5. The van der Waals surface area contributed by atoms with E-state index in [1.54, 1.807) is 47.4 Å². The molecule has 3 N–H and O–H groups in total. The van der Waals surface area contributed by atoms with Gasteiger partial charge in [-0.25, -0.2) is 0 Å². The number of amides is 1. The minimum absolute atomic E-state index is 0.00727. The molecule has 2 aliphatic heterocycles. The molecule has 8 heteroatoms. The van der Waals surface area contributed by atoms with E-state index in [0.717, 1.165) is 0 Å². The van der Waals surface area contributed by atoms with E-state index in [4.69, 9.17) is 28.9 Å². The van der Waals surface area contributed by atoms with Gasteiger partial charge in [-0.1, -0.05) is 55.2 Å². The average Bonchev–Trinajstić information content (AvgIpc) is 2.99. The summed E-state index contributed by atoms with van der Waals surface area (Å²) in [5, 5.41) is 13.9. The lowest BCUT2D eigenvalue weighted by atomic mass is 9.61. The SMILES string of the molecule is CC1(C)CC(=O)C2=C(C1)N(c1cc(Cl)cc(Cl)c1)C(N)=C(C#N)C21C(=O)Nc2ccccc21. The van der Waals surface area contributed by atoms with Gasteiger partial charge in [-0.3, -0.25) is 14.5 Å². The molecule has 0 fully saturated rings. The second-order valence-corrected chi connectivity index (χ2v) is 10.2. The van der Waals surface area contributed by atoms with Gasteiger partial charge in [0.1, 0.15) is 17.3 Å². The minimum Gasteiger partial charge on any atom is -0.384 e. The number of rotatable bonds is 1. The summed E-state index contributed by atoms with van der Waals surface area (Å²) in [4.78, 5) is 29.0. The summed E-state index contributed by atoms with van der Waals surface area (Å²) in [5.41, 5.74) is 7.19. The van der Waals surface area contributed by atoms with E-state index < -0.39 is 11.3 Å². The van der Waals surface area contributed by atoms with E-state index in [0.29, 0.717) is 39.1 Å². The van der Waals surface area contributed by atoms with Crippen molar-refractivity contribution < 1.29 is 9.59 Å². The van der Waals surface area contributed by atoms with Gasteiger partial charge in [-0.2, -0.15) is 5.26 Å². The number of Topliss-reactive ketones (excluding diaryl/α,β-unsaturated/α-hetero) is 1. The number of ketones is 1. The van der Waals surface area contributed by atoms with Crippen LogP contribution in [-0.2, 0) is 15.0 Å². The second kappa shape index (κ2) is 7.11. The number of nitriles is 1. The summed E-state index contributed by atoms with van der Waals surface area (Å²) in [6, 6.07) is 14.2. The molecule has 2 aromatic rings. The fraction of sp³-hybridized carbons (Fsp3) is 0.240. The predicted molar refractivity (Wildman–Crippen MR) is 128 cm³/mol. The summed E-state index contributed by atoms with van der Waals surface area (Å²) in [6.07, 6.45) is 0.709. The summed E-state index contributed by atoms with van der Waals surface area (Å²) in [5.74, 6) is -0.564. The molecule has 166 valence electrons. The van der Waals surface area contributed by atoms with Gasteiger partial charge in [-0.15, -0.1) is 0 Å². The average molecular weight is 479 g/mol. The molecule has 33 heavy (non-hydrogen) atoms. The number of allylic oxidation sites excluding steroid dienone is 1. The van der Waals surface area contributed by atoms with Crippen LogP contribution < -0.4 is 16.0 Å². The van der Waals surface area contributed by atoms with E-state index >= 15 is 0 Å². The van der Waals surface area contributed by atoms with Crippen molar-refractivity contribution in [1.82, 2.24) is 0 Å². The van der Waals surface area contributed by atoms with Crippen LogP contribution in [0.25, 0.3) is 0 Å². The molecule has 1 spiro atoms. The van der Waals surface area contributed by atoms with Crippen LogP contribution in [0, 0.1) is 16.7 Å². The highest BCUT2D eigenvalue weighted by molar-refractivity contribution is 6.35. The molecule has 0 aromatic heterocycles. The highest BCUT2D eigenvalue weighted by Gasteiger charge is 2.61. The highest BCUT2D eigenvalue weighted by atomic mass is 35.5. The molecule has 1 unspecified atom stereocenters. The summed E-state index contributed by atoms with van der Waals surface area (Å²) in [7, 11) is 0. The fourth-order valence-electron chi connectivity index (χ4n) is 5.34. The third-order valence-corrected chi connectivity index (χ3v) is 6.94. The van der Waals surface area contributed by atoms with Crippen LogP contribution in [0.15, 0.2) is 65.1 Å². The van der Waals surface area contributed by atoms with Crippen molar-refractivity contribution in [1.29, 1.82) is 5.26 Å². The Labute approximate surface area is 201 Å². The molecule has 0 saturated carbocycles. The van der Waals surface area contributed by atoms with Crippen molar-refractivity contribution in [2.24, 2.45) is 11.1 Å². The standard InChI is InChI=1S/C25H20Cl2N4O2/c1-24(2)10-19-21(20(32)11-24)25(16-5-3-4-6-18(16)30-23(25)33)17(12-28)22(29)31(19)15-8-13(26)7-14(27)9-15/h3-9H,10-11,29H2,1-2H3,(H,30,33). The van der Waals surface area contributed by atoms with Crippen LogP contribution in [0.1, 0.15) is 32.3 Å². The maximum absolute atomic E-state index is 13.8. The number of benzene rings is 2. The molecule has 6 nitrogen and oxygen atoms in total. The van der Waals surface area contributed by atoms with Crippen molar-refractivity contribution in [3.63, 3.8) is 0 Å². The molecular weight excluding hydrogens is 459 g/mol. The van der Waals surface area contributed by atoms with Gasteiger partial charge >= 0.3 is 0 Å². The number of carbonyl (C=O) groups excluding carboxylic acids is 2. The first kappa shape index (κ1) is 21.6. The van der Waals surface area contributed by atoms with Crippen molar-refractivity contribution >= 4 is 46.3 Å². The number of carbonyl (C=O) groups is 2. The topological polar surface area (TPSA) is 99.2 Å². The van der Waals surface area contributed by atoms with Crippen molar-refractivity contribution in [2.75, 3.05) is 10.2 Å². The van der Waals surface area contributed by atoms with Crippen LogP contribution in [0.3, 0.4) is 0 Å². The molecule has 5 rings (SSSR count). The Bertz CT molecular complexity index is 1350. The van der Waals surface area contributed by atoms with Gasteiger partial charge in [0.25, 0.3) is 0 Å². The molecule has 1 aliphatic carbocycles. The number of nitrogens with zero attached hydrogens (tertiary/aromatic N) is 2. The van der Waals surface area contributed by atoms with E-state index in [1.165, 1.54) is 0 Å². The quantitative estimate of drug-likeness (QED) is 0.597. The predicted octanol–water partition coefficient (Wildman–Crippen LogP) is 5.04. The maximum Gasteiger partial charge on any atom is 0.245 e. The van der Waals surface area contributed by atoms with Crippen molar-refractivity contribution in [2.45, 2.75) is 32.1 Å². The van der Waals surface area contributed by atoms with Crippen molar-refractivity contribution in [3.05, 3.63) is 80.7 Å². The van der Waals surface area contributed by atoms with Gasteiger partial charge in [0.15, 0.2) is 5.78 Å². The number of para-hydroxylation sites is 1. The van der Waals surface area contributed by atoms with Crippen molar-refractivity contribution in [3.8, 4) is 6.07 Å². The van der Waals surface area contributed by atoms with E-state index in [1.807, 2.05) is 13.8 Å². The van der Waals surface area contributed by atoms with Crippen LogP contribution in [-0.4, -0.2) is 11.7 Å². The molecule has 0 bridgehead atoms. The Hall–Kier alpha value is -3.27. The first-order chi connectivity index (χ1) is 15.6. The zero-order chi connectivity index (χ0) is 23.7. The summed E-state index contributed by atoms with van der Waals surface area (Å²) in [6.45, 7) is 3.99. The number of nitrogens with two attached hydrogens (primary N) is 1. The van der Waals surface area contributed by atoms with Crippen LogP contribution >= 0.6 is 23.2 Å². The Morgan fingerprint density at radius 2 is 1.76 bits per heavy atom. The zero-order valence-electron chi connectivity index (χ0n) is 18.0. The Morgan fingerprint density at radius 1 is 1.09 bits per heavy atom. The Morgan fingerprint density at radius 3 is 2.42 bits per heavy atom.